The van der Waals surface area contributed by atoms with Crippen molar-refractivity contribution < 1.29 is 13.9 Å². The van der Waals surface area contributed by atoms with Crippen LogP contribution in [0.1, 0.15) is 25.5 Å². The van der Waals surface area contributed by atoms with Gasteiger partial charge in [-0.25, -0.2) is 9.18 Å². The topological polar surface area (TPSA) is 81.5 Å². The first-order chi connectivity index (χ1) is 16.0. The number of rotatable bonds is 5. The molecule has 170 valence electrons. The van der Waals surface area contributed by atoms with Gasteiger partial charge in [0.15, 0.2) is 0 Å². The average Bonchev–Trinajstić information content (AvgIpc) is 3.20. The number of cyclic esters (lactones) is 1. The number of anilines is 2. The maximum Gasteiger partial charge on any atom is 0.414 e. The molecule has 1 aromatic carbocycles. The molecule has 1 N–H and O–H groups in total. The molecule has 7 nitrogen and oxygen atoms in total. The van der Waals surface area contributed by atoms with Crippen LogP contribution in [0, 0.1) is 17.1 Å². The van der Waals surface area contributed by atoms with Crippen LogP contribution in [-0.2, 0) is 4.74 Å². The molecule has 2 aromatic rings. The number of allylic oxidation sites excluding steroid dienone is 1. The van der Waals surface area contributed by atoms with Gasteiger partial charge in [-0.3, -0.25) is 9.88 Å². The molecule has 1 amide bonds. The van der Waals surface area contributed by atoms with Gasteiger partial charge in [-0.2, -0.15) is 5.26 Å². The zero-order valence-electron chi connectivity index (χ0n) is 18.3. The third-order valence-electron chi connectivity index (χ3n) is 5.79. The molecule has 0 aliphatic carbocycles. The molecule has 33 heavy (non-hydrogen) atoms. The minimum absolute atomic E-state index is 0.329. The van der Waals surface area contributed by atoms with Crippen molar-refractivity contribution in [3.8, 4) is 6.07 Å². The Morgan fingerprint density at radius 1 is 1.33 bits per heavy atom. The maximum atomic E-state index is 15.0. The Hall–Kier alpha value is -3.51. The van der Waals surface area contributed by atoms with Crippen LogP contribution in [0.4, 0.5) is 20.6 Å². The summed E-state index contributed by atoms with van der Waals surface area (Å²) in [6.07, 6.45) is 2.15. The molecule has 0 spiro atoms. The SMILES string of the molecule is CC(=S)NC[C@H]1CN(c2ccc(N3CCC(=C(C#N)c4ccccn4)CC3)c(F)c2)C(=O)O1. The predicted octanol–water partition coefficient (Wildman–Crippen LogP) is 4.06. The molecule has 3 heterocycles. The molecular formula is C24H24FN5O2S. The number of hydrogen-bond acceptors (Lipinski definition) is 6. The number of halogens is 1. The van der Waals surface area contributed by atoms with Crippen molar-refractivity contribution in [2.45, 2.75) is 25.9 Å². The molecule has 2 saturated heterocycles. The summed E-state index contributed by atoms with van der Waals surface area (Å²) in [7, 11) is 0. The number of nitrogens with one attached hydrogen (secondary N) is 1. The summed E-state index contributed by atoms with van der Waals surface area (Å²) in [5, 5.41) is 12.6. The minimum atomic E-state index is -0.498. The molecule has 2 aliphatic heterocycles. The fraction of sp³-hybridized carbons (Fsp3) is 0.333. The summed E-state index contributed by atoms with van der Waals surface area (Å²) in [6, 6.07) is 12.6. The van der Waals surface area contributed by atoms with E-state index in [2.05, 4.69) is 16.4 Å². The number of thiocarbonyl (C=S) groups is 1. The molecule has 1 atom stereocenters. The number of nitrogens with zero attached hydrogens (tertiary/aromatic N) is 4. The molecule has 0 saturated carbocycles. The van der Waals surface area contributed by atoms with Crippen molar-refractivity contribution in [2.24, 2.45) is 0 Å². The Bertz CT molecular complexity index is 1120. The summed E-state index contributed by atoms with van der Waals surface area (Å²) in [4.78, 5) is 20.6. The first kappa shape index (κ1) is 22.7. The summed E-state index contributed by atoms with van der Waals surface area (Å²) in [6.45, 7) is 3.71. The highest BCUT2D eigenvalue weighted by Crippen LogP contribution is 2.32. The highest BCUT2D eigenvalue weighted by atomic mass is 32.1. The number of benzene rings is 1. The Balaban J connectivity index is 1.43. The quantitative estimate of drug-likeness (QED) is 0.527. The van der Waals surface area contributed by atoms with Gasteiger partial charge < -0.3 is 15.0 Å². The number of hydrogen-bond donors (Lipinski definition) is 1. The lowest BCUT2D eigenvalue weighted by molar-refractivity contribution is 0.143. The van der Waals surface area contributed by atoms with Gasteiger partial charge in [-0.1, -0.05) is 18.3 Å². The van der Waals surface area contributed by atoms with E-state index >= 15 is 4.39 Å². The standard InChI is InChI=1S/C24H24FN5O2S/c1-16(33)28-14-19-15-30(24(31)32-19)18-5-6-23(21(25)12-18)29-10-7-17(8-11-29)20(13-26)22-4-2-3-9-27-22/h2-6,9,12,19H,7-8,10-11,14-15H2,1H3,(H,28,33)/t19-/m0/s1. The third-order valence-corrected chi connectivity index (χ3v) is 5.93. The zero-order valence-corrected chi connectivity index (χ0v) is 19.1. The van der Waals surface area contributed by atoms with Gasteiger partial charge in [0.05, 0.1) is 40.7 Å². The fourth-order valence-corrected chi connectivity index (χ4v) is 4.20. The average molecular weight is 466 g/mol. The van der Waals surface area contributed by atoms with E-state index in [0.29, 0.717) is 66.7 Å². The van der Waals surface area contributed by atoms with E-state index in [1.165, 1.54) is 11.0 Å². The third kappa shape index (κ3) is 5.12. The predicted molar refractivity (Wildman–Crippen MR) is 129 cm³/mol. The van der Waals surface area contributed by atoms with Crippen molar-refractivity contribution in [1.82, 2.24) is 10.3 Å². The molecule has 9 heteroatoms. The van der Waals surface area contributed by atoms with Crippen molar-refractivity contribution in [2.75, 3.05) is 36.0 Å². The van der Waals surface area contributed by atoms with Crippen LogP contribution in [0.25, 0.3) is 5.57 Å². The number of carbonyl (C=O) groups is 1. The number of amides is 1. The summed E-state index contributed by atoms with van der Waals surface area (Å²) in [5.74, 6) is -0.394. The van der Waals surface area contributed by atoms with Gasteiger partial charge in [0, 0.05) is 19.3 Å². The van der Waals surface area contributed by atoms with Crippen molar-refractivity contribution in [3.05, 3.63) is 59.7 Å². The van der Waals surface area contributed by atoms with Gasteiger partial charge in [0.2, 0.25) is 0 Å². The Morgan fingerprint density at radius 3 is 2.76 bits per heavy atom. The van der Waals surface area contributed by atoms with Gasteiger partial charge in [0.25, 0.3) is 0 Å². The smallest absolute Gasteiger partial charge is 0.414 e. The molecular weight excluding hydrogens is 441 g/mol. The van der Waals surface area contributed by atoms with Crippen LogP contribution in [0.15, 0.2) is 48.2 Å². The minimum Gasteiger partial charge on any atom is -0.442 e. The molecule has 0 unspecified atom stereocenters. The number of ether oxygens (including phenoxy) is 1. The largest absolute Gasteiger partial charge is 0.442 e. The normalized spacial score (nSPS) is 18.0. The van der Waals surface area contributed by atoms with Crippen LogP contribution in [0.2, 0.25) is 0 Å². The number of carbonyl (C=O) groups excluding carboxylic acids is 1. The van der Waals surface area contributed by atoms with E-state index in [1.54, 1.807) is 25.3 Å². The van der Waals surface area contributed by atoms with Crippen molar-refractivity contribution in [1.29, 1.82) is 5.26 Å². The van der Waals surface area contributed by atoms with E-state index in [9.17, 15) is 10.1 Å². The van der Waals surface area contributed by atoms with Gasteiger partial charge in [-0.15, -0.1) is 0 Å². The van der Waals surface area contributed by atoms with Gasteiger partial charge in [-0.05, 0) is 55.7 Å². The number of piperidine rings is 1. The van der Waals surface area contributed by atoms with Crippen LogP contribution in [0.5, 0.6) is 0 Å². The second kappa shape index (κ2) is 9.96. The van der Waals surface area contributed by atoms with E-state index < -0.39 is 11.9 Å². The summed E-state index contributed by atoms with van der Waals surface area (Å²) >= 11 is 4.99. The monoisotopic (exact) mass is 465 g/mol. The van der Waals surface area contributed by atoms with E-state index in [-0.39, 0.29) is 6.10 Å². The fourth-order valence-electron chi connectivity index (χ4n) is 4.11. The lowest BCUT2D eigenvalue weighted by Crippen LogP contribution is -2.33. The van der Waals surface area contributed by atoms with Crippen LogP contribution < -0.4 is 15.1 Å². The number of aromatic nitrogens is 1. The van der Waals surface area contributed by atoms with E-state index in [4.69, 9.17) is 17.0 Å². The Labute approximate surface area is 197 Å². The second-order valence-corrected chi connectivity index (χ2v) is 8.59. The molecule has 2 fully saturated rings. The van der Waals surface area contributed by atoms with E-state index in [1.807, 2.05) is 23.1 Å². The summed E-state index contributed by atoms with van der Waals surface area (Å²) in [5.41, 5.74) is 3.26. The first-order valence-corrected chi connectivity index (χ1v) is 11.2. The molecule has 0 bridgehead atoms. The zero-order chi connectivity index (χ0) is 23.4. The Morgan fingerprint density at radius 2 is 2.12 bits per heavy atom. The molecule has 0 radical (unpaired) electrons. The highest BCUT2D eigenvalue weighted by Gasteiger charge is 2.33. The van der Waals surface area contributed by atoms with Crippen molar-refractivity contribution in [3.63, 3.8) is 0 Å². The van der Waals surface area contributed by atoms with E-state index in [0.717, 1.165) is 5.57 Å². The summed E-state index contributed by atoms with van der Waals surface area (Å²) < 4.78 is 20.4. The van der Waals surface area contributed by atoms with Crippen LogP contribution >= 0.6 is 12.2 Å². The van der Waals surface area contributed by atoms with Crippen LogP contribution in [0.3, 0.4) is 0 Å². The lowest BCUT2D eigenvalue weighted by Gasteiger charge is -2.31. The van der Waals surface area contributed by atoms with Gasteiger partial charge >= 0.3 is 6.09 Å². The molecule has 1 aromatic heterocycles. The number of pyridine rings is 1. The Kier molecular flexibility index (Phi) is 6.84. The second-order valence-electron chi connectivity index (χ2n) is 7.98. The maximum absolute atomic E-state index is 15.0. The van der Waals surface area contributed by atoms with Crippen molar-refractivity contribution >= 4 is 40.2 Å². The first-order valence-electron chi connectivity index (χ1n) is 10.8. The van der Waals surface area contributed by atoms with Crippen LogP contribution in [-0.4, -0.2) is 48.3 Å². The molecule has 2 aliphatic rings. The highest BCUT2D eigenvalue weighted by molar-refractivity contribution is 7.80. The number of nitriles is 1. The lowest BCUT2D eigenvalue weighted by atomic mass is 9.96. The molecule has 4 rings (SSSR count). The van der Waals surface area contributed by atoms with Gasteiger partial charge in [0.1, 0.15) is 18.0 Å².